The van der Waals surface area contributed by atoms with Crippen LogP contribution in [0.15, 0.2) is 85.1 Å². The molecule has 0 bridgehead atoms. The Morgan fingerprint density at radius 2 is 1.01 bits per heavy atom. The first-order valence-electron chi connectivity index (χ1n) is 23.2. The van der Waals surface area contributed by atoms with Crippen LogP contribution in [-0.4, -0.2) is 129 Å². The number of nitrogens with two attached hydrogens (primary N) is 2. The van der Waals surface area contributed by atoms with Gasteiger partial charge in [-0.2, -0.15) is 25.3 Å². The number of H-pyrrole nitrogens is 1. The first-order valence-corrected chi connectivity index (χ1v) is 24.5. The predicted octanol–water partition coefficient (Wildman–Crippen LogP) is 0.371. The molecule has 0 fully saturated rings. The van der Waals surface area contributed by atoms with Gasteiger partial charge in [0.05, 0.1) is 6.04 Å². The highest BCUT2D eigenvalue weighted by molar-refractivity contribution is 7.80. The number of thiol groups is 2. The Bertz CT molecular complexity index is 2440. The fourth-order valence-corrected chi connectivity index (χ4v) is 7.96. The molecule has 20 nitrogen and oxygen atoms in total. The van der Waals surface area contributed by atoms with Crippen molar-refractivity contribution in [1.29, 1.82) is 0 Å². The molecule has 0 unspecified atom stereocenters. The van der Waals surface area contributed by atoms with Crippen LogP contribution in [0.3, 0.4) is 0 Å². The third-order valence-corrected chi connectivity index (χ3v) is 12.2. The number of carboxylic acid groups (broad SMARTS) is 1. The number of aliphatic carboxylic acids is 1. The summed E-state index contributed by atoms with van der Waals surface area (Å²) in [6.45, 7) is 4.92. The lowest BCUT2D eigenvalue weighted by molar-refractivity contribution is -0.143. The Hall–Kier alpha value is -6.62. The van der Waals surface area contributed by atoms with Gasteiger partial charge in [0.15, 0.2) is 0 Å². The predicted molar refractivity (Wildman–Crippen MR) is 274 cm³/mol. The molecule has 7 amide bonds. The normalized spacial score (nSPS) is 14.6. The molecule has 8 atom stereocenters. The minimum Gasteiger partial charge on any atom is -0.508 e. The Morgan fingerprint density at radius 1 is 0.563 bits per heavy atom. The summed E-state index contributed by atoms with van der Waals surface area (Å²) in [7, 11) is 0. The molecule has 14 N–H and O–H groups in total. The van der Waals surface area contributed by atoms with Crippen LogP contribution in [0.1, 0.15) is 56.7 Å². The molecule has 0 saturated carbocycles. The van der Waals surface area contributed by atoms with Gasteiger partial charge in [0.1, 0.15) is 48.0 Å². The van der Waals surface area contributed by atoms with Crippen LogP contribution in [0.2, 0.25) is 0 Å². The van der Waals surface area contributed by atoms with Crippen molar-refractivity contribution in [3.05, 3.63) is 102 Å². The second-order valence-electron chi connectivity index (χ2n) is 17.5. The van der Waals surface area contributed by atoms with Crippen molar-refractivity contribution in [3.63, 3.8) is 0 Å². The number of aromatic nitrogens is 1. The van der Waals surface area contributed by atoms with E-state index in [1.807, 2.05) is 24.3 Å². The molecule has 0 saturated heterocycles. The summed E-state index contributed by atoms with van der Waals surface area (Å²) in [5.41, 5.74) is 14.1. The smallest absolute Gasteiger partial charge is 0.326 e. The molecule has 0 radical (unpaired) electrons. The van der Waals surface area contributed by atoms with E-state index in [0.29, 0.717) is 29.5 Å². The summed E-state index contributed by atoms with van der Waals surface area (Å²) < 4.78 is 0. The molecular formula is C49H66N10O10S2. The lowest BCUT2D eigenvalue weighted by Gasteiger charge is -2.28. The second kappa shape index (κ2) is 28.3. The lowest BCUT2D eigenvalue weighted by Crippen LogP contribution is -2.61. The van der Waals surface area contributed by atoms with Gasteiger partial charge in [-0.3, -0.25) is 33.6 Å². The molecule has 0 aliphatic heterocycles. The number of hydrogen-bond acceptors (Lipinski definition) is 13. The van der Waals surface area contributed by atoms with Crippen LogP contribution >= 0.6 is 25.3 Å². The Labute approximate surface area is 423 Å². The van der Waals surface area contributed by atoms with E-state index in [2.05, 4.69) is 67.5 Å². The number of para-hydroxylation sites is 1. The second-order valence-corrected chi connectivity index (χ2v) is 18.2. The standard InChI is InChI=1S/C49H66N10O10S2/c1-27(2)41(49(68)69)59-48(67)40(26-71)58-45(64)37(22-30-16-18-32(60)19-17-30)54-43(62)35(15-9-10-20-50)53-46(65)38(23-31-24-52-34-14-8-7-13-33(31)34)56-44(63)36(21-29-11-5-4-6-12-29)55-47(66)39(25-70)57-42(61)28(3)51/h4-8,11-14,16-19,24,27-28,35-41,52,60,70-71H,9-10,15,20-23,25-26,50-51H2,1-3H3,(H,53,65)(H,54,62)(H,55,66)(H,56,63)(H,57,61)(H,58,64)(H,59,67)(H,68,69)/t28-,35-,36-,37-,38-,39-,40-,41-/m0/s1. The van der Waals surface area contributed by atoms with Crippen LogP contribution < -0.4 is 48.7 Å². The zero-order valence-electron chi connectivity index (χ0n) is 39.9. The summed E-state index contributed by atoms with van der Waals surface area (Å²) in [6.07, 6.45) is 2.27. The number of hydrogen-bond donors (Lipinski definition) is 14. The van der Waals surface area contributed by atoms with Crippen LogP contribution in [0.25, 0.3) is 10.9 Å². The number of amides is 7. The molecule has 4 rings (SSSR count). The number of nitrogens with one attached hydrogen (secondary N) is 8. The Balaban J connectivity index is 1.68. The molecular weight excluding hydrogens is 953 g/mol. The number of unbranched alkanes of at least 4 members (excludes halogenated alkanes) is 1. The number of benzene rings is 3. The van der Waals surface area contributed by atoms with Gasteiger partial charge in [-0.25, -0.2) is 4.79 Å². The van der Waals surface area contributed by atoms with E-state index >= 15 is 0 Å². The first-order chi connectivity index (χ1) is 33.8. The zero-order chi connectivity index (χ0) is 52.2. The van der Waals surface area contributed by atoms with Gasteiger partial charge in [0, 0.05) is 47.9 Å². The van der Waals surface area contributed by atoms with Crippen LogP contribution in [-0.2, 0) is 57.6 Å². The van der Waals surface area contributed by atoms with Gasteiger partial charge >= 0.3 is 5.97 Å². The fourth-order valence-electron chi connectivity index (χ4n) is 7.45. The number of carbonyl (C=O) groups excluding carboxylic acids is 7. The molecule has 1 aromatic heterocycles. The largest absolute Gasteiger partial charge is 0.508 e. The van der Waals surface area contributed by atoms with Crippen molar-refractivity contribution in [1.82, 2.24) is 42.2 Å². The minimum atomic E-state index is -1.39. The monoisotopic (exact) mass is 1020 g/mol. The van der Waals surface area contributed by atoms with E-state index in [-0.39, 0.29) is 49.5 Å². The van der Waals surface area contributed by atoms with Crippen molar-refractivity contribution in [2.45, 2.75) is 108 Å². The average molecular weight is 1020 g/mol. The van der Waals surface area contributed by atoms with E-state index in [9.17, 15) is 48.6 Å². The van der Waals surface area contributed by atoms with Gasteiger partial charge in [-0.1, -0.05) is 74.5 Å². The van der Waals surface area contributed by atoms with Crippen molar-refractivity contribution in [2.24, 2.45) is 17.4 Å². The molecule has 384 valence electrons. The van der Waals surface area contributed by atoms with Crippen LogP contribution in [0, 0.1) is 5.92 Å². The number of phenolic OH excluding ortho intramolecular Hbond substituents is 1. The number of rotatable bonds is 28. The summed E-state index contributed by atoms with van der Waals surface area (Å²) in [6, 6.07) is 11.9. The highest BCUT2D eigenvalue weighted by Gasteiger charge is 2.35. The van der Waals surface area contributed by atoms with E-state index in [0.717, 1.165) is 10.9 Å². The van der Waals surface area contributed by atoms with E-state index < -0.39 is 102 Å². The quantitative estimate of drug-likeness (QED) is 0.0271. The number of aromatic amines is 1. The summed E-state index contributed by atoms with van der Waals surface area (Å²) >= 11 is 8.47. The number of phenols is 1. The Morgan fingerprint density at radius 3 is 1.54 bits per heavy atom. The molecule has 71 heavy (non-hydrogen) atoms. The summed E-state index contributed by atoms with van der Waals surface area (Å²) in [4.78, 5) is 112. The average Bonchev–Trinajstić information content (AvgIpc) is 3.75. The molecule has 1 heterocycles. The van der Waals surface area contributed by atoms with Crippen molar-refractivity contribution in [3.8, 4) is 5.75 Å². The maximum Gasteiger partial charge on any atom is 0.326 e. The maximum atomic E-state index is 14.7. The maximum absolute atomic E-state index is 14.7. The van der Waals surface area contributed by atoms with Crippen molar-refractivity contribution < 1.29 is 48.6 Å². The fraction of sp³-hybridized carbons (Fsp3) is 0.429. The van der Waals surface area contributed by atoms with E-state index in [1.54, 1.807) is 50.4 Å². The SMILES string of the molecule is CC(C)[C@H](NC(=O)[C@H](CS)NC(=O)[C@H](Cc1ccc(O)cc1)NC(=O)[C@H](CCCCN)NC(=O)[C@H](Cc1c[nH]c2ccccc12)NC(=O)[C@H](Cc1ccccc1)NC(=O)[C@H](CS)NC(=O)[C@H](C)N)C(=O)O. The number of carboxylic acids is 1. The lowest BCUT2D eigenvalue weighted by atomic mass is 10.0. The molecule has 0 spiro atoms. The third kappa shape index (κ3) is 17.6. The molecule has 0 aliphatic carbocycles. The summed E-state index contributed by atoms with van der Waals surface area (Å²) in [5.74, 6) is -7.54. The van der Waals surface area contributed by atoms with Gasteiger partial charge in [0.2, 0.25) is 41.4 Å². The highest BCUT2D eigenvalue weighted by atomic mass is 32.1. The van der Waals surface area contributed by atoms with E-state index in [1.165, 1.54) is 31.2 Å². The minimum absolute atomic E-state index is 0.0252. The molecule has 0 aliphatic rings. The van der Waals surface area contributed by atoms with Gasteiger partial charge in [-0.05, 0) is 73.5 Å². The number of aromatic hydroxyl groups is 1. The number of carbonyl (C=O) groups is 8. The molecule has 4 aromatic rings. The molecule has 3 aromatic carbocycles. The van der Waals surface area contributed by atoms with Crippen molar-refractivity contribution >= 4 is 83.5 Å². The number of fused-ring (bicyclic) bond motifs is 1. The van der Waals surface area contributed by atoms with Crippen molar-refractivity contribution in [2.75, 3.05) is 18.1 Å². The Kier molecular flexibility index (Phi) is 22.7. The van der Waals surface area contributed by atoms with Gasteiger partial charge in [-0.15, -0.1) is 0 Å². The summed E-state index contributed by atoms with van der Waals surface area (Å²) in [5, 5.41) is 38.9. The topological polar surface area (TPSA) is 329 Å². The van der Waals surface area contributed by atoms with Crippen LogP contribution in [0.5, 0.6) is 5.75 Å². The zero-order valence-corrected chi connectivity index (χ0v) is 41.6. The molecule has 22 heteroatoms. The first kappa shape index (κ1) is 57.0. The van der Waals surface area contributed by atoms with Crippen LogP contribution in [0.4, 0.5) is 0 Å². The third-order valence-electron chi connectivity index (χ3n) is 11.5. The van der Waals surface area contributed by atoms with Gasteiger partial charge in [0.25, 0.3) is 0 Å². The van der Waals surface area contributed by atoms with E-state index in [4.69, 9.17) is 11.5 Å². The van der Waals surface area contributed by atoms with Gasteiger partial charge < -0.3 is 63.9 Å². The highest BCUT2D eigenvalue weighted by Crippen LogP contribution is 2.20.